The van der Waals surface area contributed by atoms with Crippen molar-refractivity contribution in [1.29, 1.82) is 0 Å². The lowest BCUT2D eigenvalue weighted by Crippen LogP contribution is -2.33. The van der Waals surface area contributed by atoms with Crippen LogP contribution in [0.5, 0.6) is 5.75 Å². The first-order chi connectivity index (χ1) is 12.1. The molecule has 3 rings (SSSR count). The summed E-state index contributed by atoms with van der Waals surface area (Å²) in [6, 6.07) is 15.1. The van der Waals surface area contributed by atoms with Crippen LogP contribution in [0.4, 0.5) is 10.5 Å². The summed E-state index contributed by atoms with van der Waals surface area (Å²) in [7, 11) is 1.59. The van der Waals surface area contributed by atoms with Crippen molar-refractivity contribution in [2.75, 3.05) is 19.1 Å². The van der Waals surface area contributed by atoms with Crippen LogP contribution in [0.3, 0.4) is 0 Å². The van der Waals surface area contributed by atoms with Gasteiger partial charge in [-0.2, -0.15) is 0 Å². The third kappa shape index (κ3) is 4.03. The molecular formula is C19H18N2O3S. The molecule has 1 fully saturated rings. The molecule has 2 aromatic rings. The Morgan fingerprint density at radius 2 is 1.92 bits per heavy atom. The van der Waals surface area contributed by atoms with E-state index < -0.39 is 0 Å². The molecule has 1 heterocycles. The maximum atomic E-state index is 12.5. The molecule has 2 aromatic carbocycles. The van der Waals surface area contributed by atoms with Crippen LogP contribution in [-0.2, 0) is 4.79 Å². The molecule has 0 spiro atoms. The molecule has 1 aliphatic rings. The summed E-state index contributed by atoms with van der Waals surface area (Å²) < 4.78 is 5.18. The maximum absolute atomic E-state index is 12.5. The van der Waals surface area contributed by atoms with Gasteiger partial charge in [0.25, 0.3) is 11.1 Å². The van der Waals surface area contributed by atoms with Crippen LogP contribution < -0.4 is 10.1 Å². The number of anilines is 1. The van der Waals surface area contributed by atoms with E-state index in [2.05, 4.69) is 5.32 Å². The van der Waals surface area contributed by atoms with Gasteiger partial charge in [-0.25, -0.2) is 0 Å². The lowest BCUT2D eigenvalue weighted by molar-refractivity contribution is -0.122. The Bertz CT molecular complexity index is 831. The first-order valence-corrected chi connectivity index (χ1v) is 8.58. The second kappa shape index (κ2) is 7.44. The highest BCUT2D eigenvalue weighted by Crippen LogP contribution is 2.32. The molecule has 0 bridgehead atoms. The van der Waals surface area contributed by atoms with E-state index in [0.29, 0.717) is 10.7 Å². The summed E-state index contributed by atoms with van der Waals surface area (Å²) in [4.78, 5) is 26.3. The second-order valence-electron chi connectivity index (χ2n) is 5.59. The standard InChI is InChI=1S/C19H18N2O3S/c1-13-6-8-15(9-7-13)20-12-21-18(22)17(25-19(21)23)11-14-4-3-5-16(10-14)24-2/h3-11,20H,12H2,1-2H3. The molecule has 0 atom stereocenters. The molecule has 25 heavy (non-hydrogen) atoms. The van der Waals surface area contributed by atoms with Gasteiger partial charge < -0.3 is 10.1 Å². The molecule has 0 aromatic heterocycles. The van der Waals surface area contributed by atoms with Gasteiger partial charge in [0.05, 0.1) is 18.7 Å². The third-order valence-electron chi connectivity index (χ3n) is 3.76. The number of benzene rings is 2. The number of carbonyl (C=O) groups is 2. The highest BCUT2D eigenvalue weighted by molar-refractivity contribution is 8.18. The molecule has 1 saturated heterocycles. The van der Waals surface area contributed by atoms with Crippen LogP contribution in [-0.4, -0.2) is 29.8 Å². The quantitative estimate of drug-likeness (QED) is 0.819. The van der Waals surface area contributed by atoms with Crippen LogP contribution in [0.15, 0.2) is 53.4 Å². The molecule has 2 amide bonds. The molecule has 0 aliphatic carbocycles. The van der Waals surface area contributed by atoms with Crippen molar-refractivity contribution in [3.63, 3.8) is 0 Å². The zero-order valence-electron chi connectivity index (χ0n) is 14.0. The second-order valence-corrected chi connectivity index (χ2v) is 6.58. The van der Waals surface area contributed by atoms with Crippen LogP contribution in [0.2, 0.25) is 0 Å². The zero-order valence-corrected chi connectivity index (χ0v) is 14.8. The molecule has 0 unspecified atom stereocenters. The SMILES string of the molecule is COc1cccc(C=C2SC(=O)N(CNc3ccc(C)cc3)C2=O)c1. The number of imide groups is 1. The fourth-order valence-corrected chi connectivity index (χ4v) is 3.20. The van der Waals surface area contributed by atoms with E-state index >= 15 is 0 Å². The minimum Gasteiger partial charge on any atom is -0.497 e. The van der Waals surface area contributed by atoms with Gasteiger partial charge in [0.2, 0.25) is 0 Å². The summed E-state index contributed by atoms with van der Waals surface area (Å²) in [6.07, 6.45) is 1.71. The number of rotatable bonds is 5. The van der Waals surface area contributed by atoms with E-state index in [1.807, 2.05) is 55.5 Å². The number of thioether (sulfide) groups is 1. The Morgan fingerprint density at radius 1 is 1.16 bits per heavy atom. The molecule has 5 nitrogen and oxygen atoms in total. The van der Waals surface area contributed by atoms with Gasteiger partial charge in [0, 0.05) is 5.69 Å². The van der Waals surface area contributed by atoms with Gasteiger partial charge >= 0.3 is 0 Å². The van der Waals surface area contributed by atoms with E-state index in [9.17, 15) is 9.59 Å². The first kappa shape index (κ1) is 17.1. The van der Waals surface area contributed by atoms with Gasteiger partial charge in [-0.1, -0.05) is 29.8 Å². The van der Waals surface area contributed by atoms with E-state index in [-0.39, 0.29) is 17.8 Å². The number of methoxy groups -OCH3 is 1. The molecule has 6 heteroatoms. The fourth-order valence-electron chi connectivity index (χ4n) is 2.36. The molecule has 128 valence electrons. The number of nitrogens with zero attached hydrogens (tertiary/aromatic N) is 1. The Labute approximate surface area is 150 Å². The molecule has 0 saturated carbocycles. The van der Waals surface area contributed by atoms with E-state index in [4.69, 9.17) is 4.74 Å². The summed E-state index contributed by atoms with van der Waals surface area (Å²) >= 11 is 0.945. The minimum absolute atomic E-state index is 0.142. The lowest BCUT2D eigenvalue weighted by atomic mass is 10.2. The third-order valence-corrected chi connectivity index (χ3v) is 4.67. The van der Waals surface area contributed by atoms with Gasteiger partial charge in [0.15, 0.2) is 0 Å². The van der Waals surface area contributed by atoms with Crippen molar-refractivity contribution in [3.05, 3.63) is 64.6 Å². The van der Waals surface area contributed by atoms with Crippen molar-refractivity contribution in [1.82, 2.24) is 4.90 Å². The molecule has 1 aliphatic heterocycles. The number of carbonyl (C=O) groups excluding carboxylic acids is 2. The average molecular weight is 354 g/mol. The van der Waals surface area contributed by atoms with Gasteiger partial charge in [-0.15, -0.1) is 0 Å². The van der Waals surface area contributed by atoms with Gasteiger partial charge in [-0.3, -0.25) is 14.5 Å². The Hall–Kier alpha value is -2.73. The van der Waals surface area contributed by atoms with Crippen LogP contribution in [0.25, 0.3) is 6.08 Å². The molecule has 1 N–H and O–H groups in total. The van der Waals surface area contributed by atoms with E-state index in [1.165, 1.54) is 4.90 Å². The van der Waals surface area contributed by atoms with Crippen molar-refractivity contribution in [3.8, 4) is 5.75 Å². The lowest BCUT2D eigenvalue weighted by Gasteiger charge is -2.14. The smallest absolute Gasteiger partial charge is 0.295 e. The van der Waals surface area contributed by atoms with Crippen LogP contribution >= 0.6 is 11.8 Å². The number of hydrogen-bond donors (Lipinski definition) is 1. The highest BCUT2D eigenvalue weighted by Gasteiger charge is 2.34. The molecular weight excluding hydrogens is 336 g/mol. The van der Waals surface area contributed by atoms with Crippen LogP contribution in [0.1, 0.15) is 11.1 Å². The zero-order chi connectivity index (χ0) is 17.8. The highest BCUT2D eigenvalue weighted by atomic mass is 32.2. The summed E-state index contributed by atoms with van der Waals surface area (Å²) in [6.45, 7) is 2.15. The van der Waals surface area contributed by atoms with Gasteiger partial charge in [0.1, 0.15) is 5.75 Å². The Morgan fingerprint density at radius 3 is 2.64 bits per heavy atom. The number of ether oxygens (including phenoxy) is 1. The normalized spacial score (nSPS) is 15.8. The van der Waals surface area contributed by atoms with E-state index in [0.717, 1.165) is 28.6 Å². The minimum atomic E-state index is -0.294. The monoisotopic (exact) mass is 354 g/mol. The first-order valence-electron chi connectivity index (χ1n) is 7.77. The van der Waals surface area contributed by atoms with Crippen molar-refractivity contribution >= 4 is 34.7 Å². The topological polar surface area (TPSA) is 58.6 Å². The van der Waals surface area contributed by atoms with Crippen molar-refractivity contribution in [2.45, 2.75) is 6.92 Å². The van der Waals surface area contributed by atoms with Crippen molar-refractivity contribution in [2.24, 2.45) is 0 Å². The number of amides is 2. The predicted octanol–water partition coefficient (Wildman–Crippen LogP) is 4.11. The number of aryl methyl sites for hydroxylation is 1. The van der Waals surface area contributed by atoms with Gasteiger partial charge in [-0.05, 0) is 54.6 Å². The fraction of sp³-hybridized carbons (Fsp3) is 0.158. The summed E-state index contributed by atoms with van der Waals surface area (Å²) in [5.74, 6) is 0.409. The Kier molecular flexibility index (Phi) is 5.09. The summed E-state index contributed by atoms with van der Waals surface area (Å²) in [5.41, 5.74) is 2.83. The van der Waals surface area contributed by atoms with Crippen molar-refractivity contribution < 1.29 is 14.3 Å². The summed E-state index contributed by atoms with van der Waals surface area (Å²) in [5, 5.41) is 2.82. The number of hydrogen-bond acceptors (Lipinski definition) is 5. The number of nitrogens with one attached hydrogen (secondary N) is 1. The van der Waals surface area contributed by atoms with Crippen LogP contribution in [0, 0.1) is 6.92 Å². The average Bonchev–Trinajstić information content (AvgIpc) is 2.88. The maximum Gasteiger partial charge on any atom is 0.295 e. The van der Waals surface area contributed by atoms with E-state index in [1.54, 1.807) is 13.2 Å². The largest absolute Gasteiger partial charge is 0.497 e. The predicted molar refractivity (Wildman–Crippen MR) is 100 cm³/mol. The Balaban J connectivity index is 1.71. The molecule has 0 radical (unpaired) electrons.